The van der Waals surface area contributed by atoms with Crippen LogP contribution in [0.1, 0.15) is 6.42 Å². The van der Waals surface area contributed by atoms with Crippen LogP contribution in [-0.4, -0.2) is 81.3 Å². The SMILES string of the molecule is N#C/C(=C/NCCCN1CCOCC1)C(=O)N1CCNCC1. The highest BCUT2D eigenvalue weighted by Gasteiger charge is 2.19. The van der Waals surface area contributed by atoms with E-state index in [1.807, 2.05) is 6.07 Å². The largest absolute Gasteiger partial charge is 0.390 e. The molecular weight excluding hydrogens is 282 g/mol. The predicted octanol–water partition coefficient (Wildman–Crippen LogP) is -0.862. The quantitative estimate of drug-likeness (QED) is 0.377. The summed E-state index contributed by atoms with van der Waals surface area (Å²) in [4.78, 5) is 16.3. The zero-order valence-corrected chi connectivity index (χ0v) is 13.0. The summed E-state index contributed by atoms with van der Waals surface area (Å²) in [7, 11) is 0. The summed E-state index contributed by atoms with van der Waals surface area (Å²) in [5.74, 6) is -0.176. The molecule has 0 aromatic rings. The third-order valence-electron chi connectivity index (χ3n) is 3.90. The van der Waals surface area contributed by atoms with E-state index in [-0.39, 0.29) is 11.5 Å². The molecule has 0 aromatic carbocycles. The van der Waals surface area contributed by atoms with Crippen molar-refractivity contribution in [2.45, 2.75) is 6.42 Å². The van der Waals surface area contributed by atoms with Crippen molar-refractivity contribution in [1.29, 1.82) is 5.26 Å². The lowest BCUT2D eigenvalue weighted by molar-refractivity contribution is -0.127. The summed E-state index contributed by atoms with van der Waals surface area (Å²) < 4.78 is 5.31. The van der Waals surface area contributed by atoms with Crippen LogP contribution in [0.4, 0.5) is 0 Å². The molecule has 2 heterocycles. The first-order valence-electron chi connectivity index (χ1n) is 7.95. The van der Waals surface area contributed by atoms with E-state index in [2.05, 4.69) is 15.5 Å². The molecule has 0 bridgehead atoms. The summed E-state index contributed by atoms with van der Waals surface area (Å²) in [6, 6.07) is 2.00. The Hall–Kier alpha value is -1.62. The molecule has 2 saturated heterocycles. The van der Waals surface area contributed by atoms with Gasteiger partial charge in [-0.25, -0.2) is 0 Å². The number of nitrogens with one attached hydrogen (secondary N) is 2. The Morgan fingerprint density at radius 3 is 2.68 bits per heavy atom. The lowest BCUT2D eigenvalue weighted by atomic mass is 10.2. The molecule has 0 saturated carbocycles. The minimum absolute atomic E-state index is 0.176. The molecule has 0 aliphatic carbocycles. The zero-order valence-electron chi connectivity index (χ0n) is 13.0. The number of piperazine rings is 1. The Kier molecular flexibility index (Phi) is 7.16. The molecule has 0 aromatic heterocycles. The highest BCUT2D eigenvalue weighted by Crippen LogP contribution is 2.02. The monoisotopic (exact) mass is 307 g/mol. The van der Waals surface area contributed by atoms with Crippen molar-refractivity contribution < 1.29 is 9.53 Å². The summed E-state index contributed by atoms with van der Waals surface area (Å²) >= 11 is 0. The van der Waals surface area contributed by atoms with E-state index >= 15 is 0 Å². The third-order valence-corrected chi connectivity index (χ3v) is 3.90. The van der Waals surface area contributed by atoms with Gasteiger partial charge >= 0.3 is 0 Å². The van der Waals surface area contributed by atoms with Gasteiger partial charge in [0.2, 0.25) is 0 Å². The number of morpholine rings is 1. The van der Waals surface area contributed by atoms with Crippen molar-refractivity contribution in [3.8, 4) is 6.07 Å². The first-order valence-corrected chi connectivity index (χ1v) is 7.95. The molecule has 0 unspecified atom stereocenters. The second-order valence-corrected chi connectivity index (χ2v) is 5.47. The highest BCUT2D eigenvalue weighted by atomic mass is 16.5. The molecule has 2 rings (SSSR count). The average molecular weight is 307 g/mol. The molecule has 0 atom stereocenters. The summed E-state index contributed by atoms with van der Waals surface area (Å²) in [5.41, 5.74) is 0.188. The van der Waals surface area contributed by atoms with E-state index in [4.69, 9.17) is 10.00 Å². The maximum absolute atomic E-state index is 12.2. The fourth-order valence-electron chi connectivity index (χ4n) is 2.58. The van der Waals surface area contributed by atoms with Crippen LogP contribution in [0.5, 0.6) is 0 Å². The minimum Gasteiger partial charge on any atom is -0.390 e. The van der Waals surface area contributed by atoms with Crippen LogP contribution in [0.15, 0.2) is 11.8 Å². The molecular formula is C15H25N5O2. The molecule has 0 spiro atoms. The maximum atomic E-state index is 12.2. The normalized spacial score (nSPS) is 20.5. The van der Waals surface area contributed by atoms with Crippen LogP contribution in [-0.2, 0) is 9.53 Å². The fourth-order valence-corrected chi connectivity index (χ4v) is 2.58. The van der Waals surface area contributed by atoms with Crippen molar-refractivity contribution in [1.82, 2.24) is 20.4 Å². The van der Waals surface area contributed by atoms with Gasteiger partial charge in [-0.3, -0.25) is 9.69 Å². The van der Waals surface area contributed by atoms with Gasteiger partial charge in [0.25, 0.3) is 5.91 Å². The van der Waals surface area contributed by atoms with Gasteiger partial charge in [-0.15, -0.1) is 0 Å². The Morgan fingerprint density at radius 1 is 1.27 bits per heavy atom. The number of rotatable bonds is 6. The third kappa shape index (κ3) is 5.30. The highest BCUT2D eigenvalue weighted by molar-refractivity contribution is 5.97. The number of carbonyl (C=O) groups excluding carboxylic acids is 1. The molecule has 1 amide bonds. The topological polar surface area (TPSA) is 80.6 Å². The van der Waals surface area contributed by atoms with Gasteiger partial charge in [-0.2, -0.15) is 5.26 Å². The standard InChI is InChI=1S/C15H25N5O2/c16-12-14(15(21)20-6-3-17-4-7-20)13-18-2-1-5-19-8-10-22-11-9-19/h13,17-18H,1-11H2/b14-13-. The van der Waals surface area contributed by atoms with E-state index in [0.29, 0.717) is 13.1 Å². The molecule has 122 valence electrons. The molecule has 2 N–H and O–H groups in total. The minimum atomic E-state index is -0.176. The Balaban J connectivity index is 1.68. The van der Waals surface area contributed by atoms with Gasteiger partial charge in [0, 0.05) is 52.0 Å². The molecule has 2 aliphatic heterocycles. The zero-order chi connectivity index (χ0) is 15.6. The molecule has 2 aliphatic rings. The van der Waals surface area contributed by atoms with E-state index in [0.717, 1.165) is 58.9 Å². The lowest BCUT2D eigenvalue weighted by Gasteiger charge is -2.27. The van der Waals surface area contributed by atoms with Crippen molar-refractivity contribution in [2.75, 3.05) is 65.6 Å². The average Bonchev–Trinajstić information content (AvgIpc) is 2.59. The van der Waals surface area contributed by atoms with Crippen molar-refractivity contribution in [3.63, 3.8) is 0 Å². The van der Waals surface area contributed by atoms with Crippen LogP contribution in [0.3, 0.4) is 0 Å². The number of ether oxygens (including phenoxy) is 1. The van der Waals surface area contributed by atoms with Gasteiger partial charge in [0.05, 0.1) is 13.2 Å². The van der Waals surface area contributed by atoms with Crippen molar-refractivity contribution in [2.24, 2.45) is 0 Å². The molecule has 7 heteroatoms. The van der Waals surface area contributed by atoms with Gasteiger partial charge < -0.3 is 20.3 Å². The van der Waals surface area contributed by atoms with Crippen molar-refractivity contribution >= 4 is 5.91 Å². The van der Waals surface area contributed by atoms with Crippen LogP contribution >= 0.6 is 0 Å². The van der Waals surface area contributed by atoms with E-state index < -0.39 is 0 Å². The van der Waals surface area contributed by atoms with Gasteiger partial charge in [-0.05, 0) is 13.0 Å². The lowest BCUT2D eigenvalue weighted by Crippen LogP contribution is -2.46. The van der Waals surface area contributed by atoms with E-state index in [1.165, 1.54) is 0 Å². The second-order valence-electron chi connectivity index (χ2n) is 5.47. The van der Waals surface area contributed by atoms with E-state index in [1.54, 1.807) is 11.1 Å². The van der Waals surface area contributed by atoms with Crippen LogP contribution < -0.4 is 10.6 Å². The summed E-state index contributed by atoms with van der Waals surface area (Å²) in [6.07, 6.45) is 2.54. The first-order chi connectivity index (χ1) is 10.8. The van der Waals surface area contributed by atoms with Gasteiger partial charge in [0.1, 0.15) is 11.6 Å². The molecule has 2 fully saturated rings. The summed E-state index contributed by atoms with van der Waals surface area (Å²) in [5, 5.41) is 15.4. The fraction of sp³-hybridized carbons (Fsp3) is 0.733. The second kappa shape index (κ2) is 9.41. The molecule has 7 nitrogen and oxygen atoms in total. The number of hydrogen-bond acceptors (Lipinski definition) is 6. The number of nitrogens with zero attached hydrogens (tertiary/aromatic N) is 3. The Bertz CT molecular complexity index is 420. The van der Waals surface area contributed by atoms with Crippen LogP contribution in [0.2, 0.25) is 0 Å². The smallest absolute Gasteiger partial charge is 0.266 e. The van der Waals surface area contributed by atoms with Crippen LogP contribution in [0, 0.1) is 11.3 Å². The number of amides is 1. The number of nitriles is 1. The summed E-state index contributed by atoms with van der Waals surface area (Å²) in [6.45, 7) is 8.27. The van der Waals surface area contributed by atoms with Gasteiger partial charge in [-0.1, -0.05) is 0 Å². The first kappa shape index (κ1) is 16.7. The number of carbonyl (C=O) groups is 1. The number of hydrogen-bond donors (Lipinski definition) is 2. The van der Waals surface area contributed by atoms with Gasteiger partial charge in [0.15, 0.2) is 0 Å². The molecule has 0 radical (unpaired) electrons. The Morgan fingerprint density at radius 2 is 2.00 bits per heavy atom. The maximum Gasteiger partial charge on any atom is 0.266 e. The van der Waals surface area contributed by atoms with Crippen LogP contribution in [0.25, 0.3) is 0 Å². The Labute approximate surface area is 131 Å². The molecule has 22 heavy (non-hydrogen) atoms. The van der Waals surface area contributed by atoms with E-state index in [9.17, 15) is 4.79 Å². The van der Waals surface area contributed by atoms with Crippen molar-refractivity contribution in [3.05, 3.63) is 11.8 Å². The predicted molar refractivity (Wildman–Crippen MR) is 83.0 cm³/mol.